The van der Waals surface area contributed by atoms with Crippen LogP contribution in [0.5, 0.6) is 0 Å². The fourth-order valence-electron chi connectivity index (χ4n) is 3.98. The minimum Gasteiger partial charge on any atom is -0.352 e. The van der Waals surface area contributed by atoms with E-state index in [-0.39, 0.29) is 11.9 Å². The molecule has 0 saturated carbocycles. The maximum Gasteiger partial charge on any atom is 0.251 e. The molecular weight excluding hydrogens is 384 g/mol. The molecule has 0 bridgehead atoms. The van der Waals surface area contributed by atoms with Gasteiger partial charge >= 0.3 is 0 Å². The van der Waals surface area contributed by atoms with Gasteiger partial charge in [0.25, 0.3) is 5.91 Å². The van der Waals surface area contributed by atoms with Crippen molar-refractivity contribution in [1.82, 2.24) is 9.62 Å². The zero-order chi connectivity index (χ0) is 21.0. The molecule has 6 heteroatoms. The molecule has 1 heterocycles. The van der Waals surface area contributed by atoms with E-state index in [0.717, 1.165) is 36.0 Å². The molecule has 5 nitrogen and oxygen atoms in total. The summed E-state index contributed by atoms with van der Waals surface area (Å²) in [4.78, 5) is 12.8. The summed E-state index contributed by atoms with van der Waals surface area (Å²) in [6.07, 6.45) is 3.32. The highest BCUT2D eigenvalue weighted by molar-refractivity contribution is 7.89. The summed E-state index contributed by atoms with van der Waals surface area (Å²) in [5, 5.41) is 2.96. The van der Waals surface area contributed by atoms with Gasteiger partial charge in [0, 0.05) is 24.7 Å². The Labute approximate surface area is 174 Å². The van der Waals surface area contributed by atoms with Crippen LogP contribution in [0, 0.1) is 20.8 Å². The molecule has 0 radical (unpaired) electrons. The van der Waals surface area contributed by atoms with Crippen LogP contribution in [-0.4, -0.2) is 37.8 Å². The molecule has 1 amide bonds. The van der Waals surface area contributed by atoms with Gasteiger partial charge in [0.1, 0.15) is 0 Å². The predicted octanol–water partition coefficient (Wildman–Crippen LogP) is 3.98. The van der Waals surface area contributed by atoms with Crippen molar-refractivity contribution in [1.29, 1.82) is 0 Å². The number of carbonyl (C=O) groups excluding carboxylic acids is 1. The molecule has 0 aromatic heterocycles. The van der Waals surface area contributed by atoms with E-state index in [0.29, 0.717) is 30.0 Å². The van der Waals surface area contributed by atoms with E-state index in [1.54, 1.807) is 16.4 Å². The quantitative estimate of drug-likeness (QED) is 0.778. The maximum atomic E-state index is 13.1. The first-order valence-corrected chi connectivity index (χ1v) is 11.7. The van der Waals surface area contributed by atoms with Crippen LogP contribution in [0.25, 0.3) is 0 Å². The highest BCUT2D eigenvalue weighted by atomic mass is 32.2. The van der Waals surface area contributed by atoms with Crippen LogP contribution in [0.2, 0.25) is 0 Å². The number of piperidine rings is 1. The fourth-order valence-corrected chi connectivity index (χ4v) is 5.71. The minimum absolute atomic E-state index is 0.0883. The van der Waals surface area contributed by atoms with Crippen LogP contribution in [0.1, 0.15) is 52.7 Å². The number of hydrogen-bond donors (Lipinski definition) is 1. The van der Waals surface area contributed by atoms with Crippen molar-refractivity contribution in [2.75, 3.05) is 13.1 Å². The van der Waals surface area contributed by atoms with Crippen molar-refractivity contribution in [2.24, 2.45) is 0 Å². The molecule has 1 unspecified atom stereocenters. The highest BCUT2D eigenvalue weighted by Crippen LogP contribution is 2.27. The van der Waals surface area contributed by atoms with E-state index >= 15 is 0 Å². The second-order valence-corrected chi connectivity index (χ2v) is 9.89. The fraction of sp³-hybridized carbons (Fsp3) is 0.435. The lowest BCUT2D eigenvalue weighted by Crippen LogP contribution is -2.45. The van der Waals surface area contributed by atoms with Crippen LogP contribution in [0.15, 0.2) is 47.4 Å². The molecule has 2 aromatic rings. The molecule has 1 atom stereocenters. The molecule has 1 aliphatic rings. The number of nitrogens with one attached hydrogen (secondary N) is 1. The molecular formula is C23H30N2O3S. The second-order valence-electron chi connectivity index (χ2n) is 8.00. The number of aryl methyl sites for hydroxylation is 3. The van der Waals surface area contributed by atoms with E-state index in [1.807, 2.05) is 51.1 Å². The van der Waals surface area contributed by atoms with Crippen molar-refractivity contribution in [3.8, 4) is 0 Å². The molecule has 1 fully saturated rings. The number of benzene rings is 2. The smallest absolute Gasteiger partial charge is 0.251 e. The zero-order valence-electron chi connectivity index (χ0n) is 17.4. The Kier molecular flexibility index (Phi) is 6.75. The summed E-state index contributed by atoms with van der Waals surface area (Å²) < 4.78 is 27.9. The summed E-state index contributed by atoms with van der Waals surface area (Å²) in [6.45, 7) is 6.88. The third kappa shape index (κ3) is 5.25. The molecule has 1 N–H and O–H groups in total. The zero-order valence-corrected chi connectivity index (χ0v) is 18.3. The second kappa shape index (κ2) is 9.09. The van der Waals surface area contributed by atoms with Crippen molar-refractivity contribution in [2.45, 2.75) is 57.4 Å². The molecule has 29 heavy (non-hydrogen) atoms. The summed E-state index contributed by atoms with van der Waals surface area (Å²) in [7, 11) is -3.52. The van der Waals surface area contributed by atoms with Gasteiger partial charge in [0.2, 0.25) is 10.0 Å². The molecule has 1 aliphatic heterocycles. The normalized spacial score (nSPS) is 17.8. The number of sulfonamides is 1. The molecule has 3 rings (SSSR count). The van der Waals surface area contributed by atoms with Crippen molar-refractivity contribution < 1.29 is 13.2 Å². The average Bonchev–Trinajstić information content (AvgIpc) is 2.68. The number of nitrogens with zero attached hydrogens (tertiary/aromatic N) is 1. The summed E-state index contributed by atoms with van der Waals surface area (Å²) in [6, 6.07) is 12.7. The first kappa shape index (κ1) is 21.5. The Balaban J connectivity index is 1.65. The number of rotatable bonds is 6. The van der Waals surface area contributed by atoms with Crippen LogP contribution < -0.4 is 5.32 Å². The van der Waals surface area contributed by atoms with E-state index in [2.05, 4.69) is 5.32 Å². The third-order valence-corrected chi connectivity index (χ3v) is 7.41. The Morgan fingerprint density at radius 1 is 1.00 bits per heavy atom. The van der Waals surface area contributed by atoms with E-state index in [1.165, 1.54) is 0 Å². The van der Waals surface area contributed by atoms with Gasteiger partial charge < -0.3 is 5.32 Å². The highest BCUT2D eigenvalue weighted by Gasteiger charge is 2.33. The Morgan fingerprint density at radius 2 is 1.66 bits per heavy atom. The lowest BCUT2D eigenvalue weighted by Gasteiger charge is -2.34. The largest absolute Gasteiger partial charge is 0.352 e. The lowest BCUT2D eigenvalue weighted by atomic mass is 10.0. The van der Waals surface area contributed by atoms with Gasteiger partial charge in [-0.25, -0.2) is 8.42 Å². The van der Waals surface area contributed by atoms with Crippen molar-refractivity contribution in [3.63, 3.8) is 0 Å². The Morgan fingerprint density at radius 3 is 2.31 bits per heavy atom. The lowest BCUT2D eigenvalue weighted by molar-refractivity contribution is 0.0949. The van der Waals surface area contributed by atoms with Gasteiger partial charge in [-0.2, -0.15) is 4.31 Å². The number of carbonyl (C=O) groups is 1. The van der Waals surface area contributed by atoms with Crippen LogP contribution >= 0.6 is 0 Å². The van der Waals surface area contributed by atoms with E-state index in [9.17, 15) is 13.2 Å². The SMILES string of the molecule is Cc1ccc(S(=O)(=O)N2CCCCC2CCNC(=O)c2cc(C)cc(C)c2)cc1. The molecule has 156 valence electrons. The standard InChI is InChI=1S/C23H30N2O3S/c1-17-7-9-22(10-8-17)29(27,28)25-13-5-4-6-21(25)11-12-24-23(26)20-15-18(2)14-19(3)16-20/h7-10,14-16,21H,4-6,11-13H2,1-3H3,(H,24,26). The average molecular weight is 415 g/mol. The predicted molar refractivity (Wildman–Crippen MR) is 116 cm³/mol. The van der Waals surface area contributed by atoms with Gasteiger partial charge in [0.15, 0.2) is 0 Å². The van der Waals surface area contributed by atoms with Crippen LogP contribution in [-0.2, 0) is 10.0 Å². The van der Waals surface area contributed by atoms with E-state index < -0.39 is 10.0 Å². The summed E-state index contributed by atoms with van der Waals surface area (Å²) in [5.41, 5.74) is 3.79. The molecule has 0 aliphatic carbocycles. The van der Waals surface area contributed by atoms with E-state index in [4.69, 9.17) is 0 Å². The molecule has 2 aromatic carbocycles. The van der Waals surface area contributed by atoms with Gasteiger partial charge in [-0.3, -0.25) is 4.79 Å². The van der Waals surface area contributed by atoms with Crippen molar-refractivity contribution in [3.05, 3.63) is 64.7 Å². The number of hydrogen-bond acceptors (Lipinski definition) is 3. The van der Waals surface area contributed by atoms with Gasteiger partial charge in [0.05, 0.1) is 4.90 Å². The van der Waals surface area contributed by atoms with Crippen molar-refractivity contribution >= 4 is 15.9 Å². The third-order valence-electron chi connectivity index (χ3n) is 5.45. The van der Waals surface area contributed by atoms with Gasteiger partial charge in [-0.05, 0) is 64.3 Å². The maximum absolute atomic E-state index is 13.1. The molecule has 1 saturated heterocycles. The monoisotopic (exact) mass is 414 g/mol. The van der Waals surface area contributed by atoms with Crippen LogP contribution in [0.4, 0.5) is 0 Å². The Bertz CT molecular complexity index is 948. The minimum atomic E-state index is -3.52. The molecule has 0 spiro atoms. The van der Waals surface area contributed by atoms with Gasteiger partial charge in [-0.15, -0.1) is 0 Å². The Hall–Kier alpha value is -2.18. The van der Waals surface area contributed by atoms with Gasteiger partial charge in [-0.1, -0.05) is 41.3 Å². The van der Waals surface area contributed by atoms with Crippen LogP contribution in [0.3, 0.4) is 0 Å². The summed E-state index contributed by atoms with van der Waals surface area (Å²) >= 11 is 0. The first-order chi connectivity index (χ1) is 13.8. The number of amides is 1. The topological polar surface area (TPSA) is 66.5 Å². The first-order valence-electron chi connectivity index (χ1n) is 10.2. The summed E-state index contributed by atoms with van der Waals surface area (Å²) in [5.74, 6) is -0.111.